The SMILES string of the molecule is CCCc1cc(=O)n(-c2ccccc2Cl)[nH]1. The van der Waals surface area contributed by atoms with E-state index in [0.29, 0.717) is 10.7 Å². The van der Waals surface area contributed by atoms with Crippen LogP contribution in [-0.2, 0) is 6.42 Å². The third kappa shape index (κ3) is 2.04. The number of benzene rings is 1. The minimum Gasteiger partial charge on any atom is -0.295 e. The lowest BCUT2D eigenvalue weighted by molar-refractivity contribution is 0.793. The van der Waals surface area contributed by atoms with E-state index in [9.17, 15) is 4.79 Å². The highest BCUT2D eigenvalue weighted by atomic mass is 35.5. The fourth-order valence-corrected chi connectivity index (χ4v) is 1.87. The fraction of sp³-hybridized carbons (Fsp3) is 0.250. The standard InChI is InChI=1S/C12H13ClN2O/c1-2-5-9-8-12(16)15(14-9)11-7-4-3-6-10(11)13/h3-4,6-8,14H,2,5H2,1H3. The molecule has 0 saturated carbocycles. The Morgan fingerprint density at radius 2 is 2.12 bits per heavy atom. The highest BCUT2D eigenvalue weighted by Gasteiger charge is 2.07. The van der Waals surface area contributed by atoms with Gasteiger partial charge in [-0.25, -0.2) is 4.68 Å². The Hall–Kier alpha value is -1.48. The van der Waals surface area contributed by atoms with Crippen LogP contribution in [0.1, 0.15) is 19.0 Å². The van der Waals surface area contributed by atoms with Crippen molar-refractivity contribution >= 4 is 11.6 Å². The first kappa shape index (κ1) is 11.0. The van der Waals surface area contributed by atoms with Crippen LogP contribution in [0, 0.1) is 0 Å². The first-order valence-electron chi connectivity index (χ1n) is 5.28. The molecule has 84 valence electrons. The van der Waals surface area contributed by atoms with Gasteiger partial charge in [0.2, 0.25) is 0 Å². The summed E-state index contributed by atoms with van der Waals surface area (Å²) in [5.41, 5.74) is 1.56. The first-order chi connectivity index (χ1) is 7.72. The van der Waals surface area contributed by atoms with Crippen LogP contribution in [0.2, 0.25) is 5.02 Å². The summed E-state index contributed by atoms with van der Waals surface area (Å²) >= 11 is 6.04. The lowest BCUT2D eigenvalue weighted by Crippen LogP contribution is -2.13. The molecule has 1 aromatic heterocycles. The number of H-pyrrole nitrogens is 1. The van der Waals surface area contributed by atoms with Gasteiger partial charge in [0.1, 0.15) is 0 Å². The van der Waals surface area contributed by atoms with E-state index in [0.717, 1.165) is 18.5 Å². The number of para-hydroxylation sites is 1. The van der Waals surface area contributed by atoms with E-state index in [2.05, 4.69) is 12.0 Å². The van der Waals surface area contributed by atoms with Gasteiger partial charge < -0.3 is 0 Å². The van der Waals surface area contributed by atoms with Gasteiger partial charge in [0.15, 0.2) is 0 Å². The van der Waals surface area contributed by atoms with Gasteiger partial charge in [-0.15, -0.1) is 0 Å². The summed E-state index contributed by atoms with van der Waals surface area (Å²) in [5.74, 6) is 0. The number of aromatic amines is 1. The average molecular weight is 237 g/mol. The Kier molecular flexibility index (Phi) is 3.15. The highest BCUT2D eigenvalue weighted by molar-refractivity contribution is 6.32. The highest BCUT2D eigenvalue weighted by Crippen LogP contribution is 2.17. The second-order valence-electron chi connectivity index (χ2n) is 3.66. The van der Waals surface area contributed by atoms with Gasteiger partial charge in [0.25, 0.3) is 5.56 Å². The molecule has 0 saturated heterocycles. The van der Waals surface area contributed by atoms with E-state index in [1.165, 1.54) is 4.68 Å². The molecular formula is C12H13ClN2O. The lowest BCUT2D eigenvalue weighted by atomic mass is 10.3. The van der Waals surface area contributed by atoms with E-state index >= 15 is 0 Å². The Labute approximate surface area is 98.7 Å². The maximum atomic E-state index is 11.7. The zero-order chi connectivity index (χ0) is 11.5. The zero-order valence-corrected chi connectivity index (χ0v) is 9.79. The Bertz CT molecular complexity index is 542. The predicted octanol–water partition coefficient (Wildman–Crippen LogP) is 2.77. The minimum atomic E-state index is -0.0726. The van der Waals surface area contributed by atoms with Crippen LogP contribution in [0.5, 0.6) is 0 Å². The quantitative estimate of drug-likeness (QED) is 0.874. The van der Waals surface area contributed by atoms with Crippen LogP contribution in [0.4, 0.5) is 0 Å². The lowest BCUT2D eigenvalue weighted by Gasteiger charge is -2.03. The first-order valence-corrected chi connectivity index (χ1v) is 5.66. The molecule has 0 aliphatic heterocycles. The van der Waals surface area contributed by atoms with Crippen LogP contribution in [0.25, 0.3) is 5.69 Å². The molecule has 3 nitrogen and oxygen atoms in total. The number of aromatic nitrogens is 2. The molecular weight excluding hydrogens is 224 g/mol. The van der Waals surface area contributed by atoms with Crippen molar-refractivity contribution in [3.05, 3.63) is 51.4 Å². The monoisotopic (exact) mass is 236 g/mol. The Morgan fingerprint density at radius 1 is 1.38 bits per heavy atom. The molecule has 0 fully saturated rings. The summed E-state index contributed by atoms with van der Waals surface area (Å²) < 4.78 is 1.48. The van der Waals surface area contributed by atoms with Gasteiger partial charge in [0.05, 0.1) is 10.7 Å². The number of aryl methyl sites for hydroxylation is 1. The van der Waals surface area contributed by atoms with Gasteiger partial charge in [-0.05, 0) is 18.6 Å². The van der Waals surface area contributed by atoms with E-state index in [-0.39, 0.29) is 5.56 Å². The maximum Gasteiger partial charge on any atom is 0.271 e. The molecule has 2 rings (SSSR count). The van der Waals surface area contributed by atoms with E-state index in [1.807, 2.05) is 18.2 Å². The topological polar surface area (TPSA) is 37.8 Å². The molecule has 0 aliphatic carbocycles. The minimum absolute atomic E-state index is 0.0726. The Balaban J connectivity index is 2.48. The van der Waals surface area contributed by atoms with Crippen LogP contribution < -0.4 is 5.56 Å². The maximum absolute atomic E-state index is 11.7. The number of hydrogen-bond donors (Lipinski definition) is 1. The number of nitrogens with zero attached hydrogens (tertiary/aromatic N) is 1. The number of halogens is 1. The predicted molar refractivity (Wildman–Crippen MR) is 65.4 cm³/mol. The second-order valence-corrected chi connectivity index (χ2v) is 4.06. The number of hydrogen-bond acceptors (Lipinski definition) is 1. The van der Waals surface area contributed by atoms with Crippen LogP contribution in [0.3, 0.4) is 0 Å². The van der Waals surface area contributed by atoms with Gasteiger partial charge in [-0.3, -0.25) is 9.89 Å². The van der Waals surface area contributed by atoms with Crippen LogP contribution >= 0.6 is 11.6 Å². The van der Waals surface area contributed by atoms with Crippen molar-refractivity contribution in [2.75, 3.05) is 0 Å². The van der Waals surface area contributed by atoms with Crippen LogP contribution in [0.15, 0.2) is 35.1 Å². The second kappa shape index (κ2) is 4.58. The molecule has 0 atom stereocenters. The van der Waals surface area contributed by atoms with Gasteiger partial charge >= 0.3 is 0 Å². The summed E-state index contributed by atoms with van der Waals surface area (Å²) in [7, 11) is 0. The summed E-state index contributed by atoms with van der Waals surface area (Å²) in [5, 5.41) is 3.62. The summed E-state index contributed by atoms with van der Waals surface area (Å²) in [6.45, 7) is 2.07. The van der Waals surface area contributed by atoms with Gasteiger partial charge in [-0.2, -0.15) is 0 Å². The molecule has 0 spiro atoms. The summed E-state index contributed by atoms with van der Waals surface area (Å²) in [6.07, 6.45) is 1.87. The largest absolute Gasteiger partial charge is 0.295 e. The van der Waals surface area contributed by atoms with Crippen molar-refractivity contribution in [3.8, 4) is 5.69 Å². The molecule has 0 aliphatic rings. The smallest absolute Gasteiger partial charge is 0.271 e. The molecule has 1 aromatic carbocycles. The van der Waals surface area contributed by atoms with E-state index < -0.39 is 0 Å². The zero-order valence-electron chi connectivity index (χ0n) is 9.03. The third-order valence-corrected chi connectivity index (χ3v) is 2.71. The fourth-order valence-electron chi connectivity index (χ4n) is 1.65. The number of nitrogens with one attached hydrogen (secondary N) is 1. The van der Waals surface area contributed by atoms with Crippen molar-refractivity contribution in [3.63, 3.8) is 0 Å². The Morgan fingerprint density at radius 3 is 2.81 bits per heavy atom. The van der Waals surface area contributed by atoms with Gasteiger partial charge in [-0.1, -0.05) is 37.1 Å². The number of rotatable bonds is 3. The molecule has 0 bridgehead atoms. The average Bonchev–Trinajstić information content (AvgIpc) is 2.61. The molecule has 16 heavy (non-hydrogen) atoms. The summed E-state index contributed by atoms with van der Waals surface area (Å²) in [4.78, 5) is 11.7. The van der Waals surface area contributed by atoms with Gasteiger partial charge in [0, 0.05) is 11.8 Å². The van der Waals surface area contributed by atoms with Crippen molar-refractivity contribution < 1.29 is 0 Å². The van der Waals surface area contributed by atoms with Crippen molar-refractivity contribution in [2.45, 2.75) is 19.8 Å². The normalized spacial score (nSPS) is 10.6. The van der Waals surface area contributed by atoms with Crippen molar-refractivity contribution in [1.29, 1.82) is 0 Å². The molecule has 2 aromatic rings. The van der Waals surface area contributed by atoms with E-state index in [4.69, 9.17) is 11.6 Å². The molecule has 0 radical (unpaired) electrons. The molecule has 0 unspecified atom stereocenters. The van der Waals surface area contributed by atoms with Crippen molar-refractivity contribution in [1.82, 2.24) is 9.78 Å². The summed E-state index contributed by atoms with van der Waals surface area (Å²) in [6, 6.07) is 8.90. The van der Waals surface area contributed by atoms with E-state index in [1.54, 1.807) is 12.1 Å². The molecule has 4 heteroatoms. The molecule has 0 amide bonds. The van der Waals surface area contributed by atoms with Crippen molar-refractivity contribution in [2.24, 2.45) is 0 Å². The van der Waals surface area contributed by atoms with Crippen LogP contribution in [-0.4, -0.2) is 9.78 Å². The molecule has 1 heterocycles. The third-order valence-electron chi connectivity index (χ3n) is 2.39. The molecule has 1 N–H and O–H groups in total.